The summed E-state index contributed by atoms with van der Waals surface area (Å²) in [5.41, 5.74) is 0. The van der Waals surface area contributed by atoms with Crippen molar-refractivity contribution in [2.24, 2.45) is 0 Å². The number of nitrogens with one attached hydrogen (secondary N) is 1. The van der Waals surface area contributed by atoms with E-state index in [-0.39, 0.29) is 0 Å². The molecule has 3 nitrogen and oxygen atoms in total. The lowest BCUT2D eigenvalue weighted by Gasteiger charge is -1.99. The van der Waals surface area contributed by atoms with Crippen molar-refractivity contribution in [1.82, 2.24) is 15.1 Å². The van der Waals surface area contributed by atoms with Crippen molar-refractivity contribution in [2.75, 3.05) is 13.6 Å². The molecule has 0 radical (unpaired) electrons. The summed E-state index contributed by atoms with van der Waals surface area (Å²) in [7, 11) is 1.97. The third kappa shape index (κ3) is 3.20. The van der Waals surface area contributed by atoms with Crippen molar-refractivity contribution in [3.05, 3.63) is 16.0 Å². The number of hydrogen-bond acceptors (Lipinski definition) is 2. The minimum Gasteiger partial charge on any atom is -0.320 e. The fourth-order valence-corrected chi connectivity index (χ4v) is 1.32. The summed E-state index contributed by atoms with van der Waals surface area (Å²) >= 11 is 2.26. The van der Waals surface area contributed by atoms with Crippen molar-refractivity contribution in [3.63, 3.8) is 0 Å². The van der Waals surface area contributed by atoms with Crippen LogP contribution in [0.1, 0.15) is 6.42 Å². The van der Waals surface area contributed by atoms with Gasteiger partial charge in [-0.15, -0.1) is 0 Å². The predicted molar refractivity (Wildman–Crippen MR) is 53.5 cm³/mol. The van der Waals surface area contributed by atoms with E-state index in [1.807, 2.05) is 17.9 Å². The Morgan fingerprint density at radius 3 is 3.09 bits per heavy atom. The maximum Gasteiger partial charge on any atom is 0.0623 e. The van der Waals surface area contributed by atoms with E-state index >= 15 is 0 Å². The van der Waals surface area contributed by atoms with Crippen LogP contribution >= 0.6 is 22.6 Å². The summed E-state index contributed by atoms with van der Waals surface area (Å²) in [6.45, 7) is 2.06. The van der Waals surface area contributed by atoms with E-state index in [1.54, 1.807) is 0 Å². The van der Waals surface area contributed by atoms with Gasteiger partial charge in [0.05, 0.1) is 9.77 Å². The van der Waals surface area contributed by atoms with Crippen LogP contribution < -0.4 is 5.32 Å². The zero-order valence-corrected chi connectivity index (χ0v) is 8.71. The molecule has 0 aliphatic carbocycles. The second-order valence-electron chi connectivity index (χ2n) is 2.38. The molecule has 1 rings (SSSR count). The Bertz CT molecular complexity index is 209. The minimum atomic E-state index is 1.00. The van der Waals surface area contributed by atoms with Gasteiger partial charge < -0.3 is 5.32 Å². The number of aromatic nitrogens is 2. The first-order valence-electron chi connectivity index (χ1n) is 3.65. The molecule has 0 amide bonds. The molecule has 0 saturated heterocycles. The van der Waals surface area contributed by atoms with Crippen LogP contribution in [0.2, 0.25) is 0 Å². The Kier molecular flexibility index (Phi) is 3.85. The summed E-state index contributed by atoms with van der Waals surface area (Å²) in [6.07, 6.45) is 5.06. The monoisotopic (exact) mass is 265 g/mol. The molecule has 0 saturated carbocycles. The fraction of sp³-hybridized carbons (Fsp3) is 0.571. The predicted octanol–water partition coefficient (Wildman–Crippen LogP) is 1.10. The summed E-state index contributed by atoms with van der Waals surface area (Å²) in [5, 5.41) is 7.27. The molecular weight excluding hydrogens is 253 g/mol. The Balaban J connectivity index is 2.27. The summed E-state index contributed by atoms with van der Waals surface area (Å²) < 4.78 is 3.17. The highest BCUT2D eigenvalue weighted by atomic mass is 127. The molecule has 0 aliphatic rings. The quantitative estimate of drug-likeness (QED) is 0.652. The highest BCUT2D eigenvalue weighted by molar-refractivity contribution is 14.1. The topological polar surface area (TPSA) is 29.9 Å². The first-order valence-corrected chi connectivity index (χ1v) is 4.73. The van der Waals surface area contributed by atoms with Crippen molar-refractivity contribution >= 4 is 22.6 Å². The molecule has 1 aromatic rings. The van der Waals surface area contributed by atoms with Gasteiger partial charge in [-0.25, -0.2) is 0 Å². The molecule has 1 N–H and O–H groups in total. The fourth-order valence-electron chi connectivity index (χ4n) is 0.878. The van der Waals surface area contributed by atoms with E-state index in [1.165, 1.54) is 3.57 Å². The molecular formula is C7H12IN3. The number of aryl methyl sites for hydroxylation is 1. The standard InChI is InChI=1S/C7H12IN3/c1-9-3-2-4-11-6-7(8)5-10-11/h5-6,9H,2-4H2,1H3. The zero-order valence-electron chi connectivity index (χ0n) is 6.55. The molecule has 62 valence electrons. The van der Waals surface area contributed by atoms with E-state index in [0.717, 1.165) is 19.5 Å². The zero-order chi connectivity index (χ0) is 8.10. The van der Waals surface area contributed by atoms with Crippen molar-refractivity contribution < 1.29 is 0 Å². The van der Waals surface area contributed by atoms with Crippen molar-refractivity contribution in [3.8, 4) is 0 Å². The molecule has 0 aliphatic heterocycles. The van der Waals surface area contributed by atoms with Gasteiger partial charge >= 0.3 is 0 Å². The van der Waals surface area contributed by atoms with E-state index < -0.39 is 0 Å². The molecule has 0 unspecified atom stereocenters. The van der Waals surface area contributed by atoms with E-state index in [4.69, 9.17) is 0 Å². The first-order chi connectivity index (χ1) is 5.33. The Hall–Kier alpha value is -0.100. The van der Waals surface area contributed by atoms with Crippen molar-refractivity contribution in [1.29, 1.82) is 0 Å². The summed E-state index contributed by atoms with van der Waals surface area (Å²) in [5.74, 6) is 0. The smallest absolute Gasteiger partial charge is 0.0623 e. The van der Waals surface area contributed by atoms with Crippen LogP contribution in [0.15, 0.2) is 12.4 Å². The summed E-state index contributed by atoms with van der Waals surface area (Å²) in [4.78, 5) is 0. The number of halogens is 1. The van der Waals surface area contributed by atoms with Gasteiger partial charge in [0.2, 0.25) is 0 Å². The van der Waals surface area contributed by atoms with Gasteiger partial charge in [0, 0.05) is 12.7 Å². The molecule has 1 aromatic heterocycles. The van der Waals surface area contributed by atoms with Crippen LogP contribution in [0.25, 0.3) is 0 Å². The number of nitrogens with zero attached hydrogens (tertiary/aromatic N) is 2. The number of hydrogen-bond donors (Lipinski definition) is 1. The Labute approximate surface area is 80.3 Å². The van der Waals surface area contributed by atoms with Gasteiger partial charge in [-0.2, -0.15) is 5.10 Å². The average Bonchev–Trinajstić information content (AvgIpc) is 2.37. The lowest BCUT2D eigenvalue weighted by Crippen LogP contribution is -2.11. The van der Waals surface area contributed by atoms with Crippen LogP contribution in [0.3, 0.4) is 0 Å². The second kappa shape index (κ2) is 4.71. The number of rotatable bonds is 4. The SMILES string of the molecule is CNCCCn1cc(I)cn1. The molecule has 0 aromatic carbocycles. The first kappa shape index (κ1) is 8.99. The lowest BCUT2D eigenvalue weighted by atomic mass is 10.4. The van der Waals surface area contributed by atoms with Crippen LogP contribution in [-0.4, -0.2) is 23.4 Å². The summed E-state index contributed by atoms with van der Waals surface area (Å²) in [6, 6.07) is 0. The van der Waals surface area contributed by atoms with E-state index in [2.05, 4.69) is 39.2 Å². The molecule has 11 heavy (non-hydrogen) atoms. The molecule has 0 bridgehead atoms. The molecule has 0 fully saturated rings. The van der Waals surface area contributed by atoms with Gasteiger partial charge in [0.15, 0.2) is 0 Å². The van der Waals surface area contributed by atoms with Gasteiger partial charge in [-0.1, -0.05) is 0 Å². The average molecular weight is 265 g/mol. The van der Waals surface area contributed by atoms with Gasteiger partial charge in [-0.05, 0) is 42.6 Å². The molecule has 0 atom stereocenters. The third-order valence-electron chi connectivity index (χ3n) is 1.42. The second-order valence-corrected chi connectivity index (χ2v) is 3.62. The van der Waals surface area contributed by atoms with Gasteiger partial charge in [0.25, 0.3) is 0 Å². The minimum absolute atomic E-state index is 1.00. The molecule has 4 heteroatoms. The van der Waals surface area contributed by atoms with Gasteiger partial charge in [0.1, 0.15) is 0 Å². The molecule has 1 heterocycles. The van der Waals surface area contributed by atoms with Crippen LogP contribution in [0, 0.1) is 3.57 Å². The highest BCUT2D eigenvalue weighted by Gasteiger charge is 1.92. The molecule has 0 spiro atoms. The highest BCUT2D eigenvalue weighted by Crippen LogP contribution is 2.01. The Morgan fingerprint density at radius 2 is 2.55 bits per heavy atom. The lowest BCUT2D eigenvalue weighted by molar-refractivity contribution is 0.562. The van der Waals surface area contributed by atoms with E-state index in [9.17, 15) is 0 Å². The third-order valence-corrected chi connectivity index (χ3v) is 1.97. The van der Waals surface area contributed by atoms with Crippen LogP contribution in [0.5, 0.6) is 0 Å². The maximum absolute atomic E-state index is 4.17. The largest absolute Gasteiger partial charge is 0.320 e. The van der Waals surface area contributed by atoms with Gasteiger partial charge in [-0.3, -0.25) is 4.68 Å². The Morgan fingerprint density at radius 1 is 1.73 bits per heavy atom. The normalized spacial score (nSPS) is 10.4. The van der Waals surface area contributed by atoms with Crippen molar-refractivity contribution in [2.45, 2.75) is 13.0 Å². The van der Waals surface area contributed by atoms with Crippen LogP contribution in [-0.2, 0) is 6.54 Å². The van der Waals surface area contributed by atoms with E-state index in [0.29, 0.717) is 0 Å². The van der Waals surface area contributed by atoms with Crippen LogP contribution in [0.4, 0.5) is 0 Å². The maximum atomic E-state index is 4.17.